The Morgan fingerprint density at radius 3 is 2.41 bits per heavy atom. The van der Waals surface area contributed by atoms with Crippen LogP contribution in [-0.4, -0.2) is 37.4 Å². The average Bonchev–Trinajstić information content (AvgIpc) is 2.82. The predicted molar refractivity (Wildman–Crippen MR) is 124 cm³/mol. The molecule has 0 atom stereocenters. The first-order valence-electron chi connectivity index (χ1n) is 10.1. The van der Waals surface area contributed by atoms with Crippen molar-refractivity contribution in [3.63, 3.8) is 0 Å². The van der Waals surface area contributed by atoms with Gasteiger partial charge in [0.25, 0.3) is 5.91 Å². The van der Waals surface area contributed by atoms with E-state index >= 15 is 0 Å². The van der Waals surface area contributed by atoms with Crippen molar-refractivity contribution in [2.75, 3.05) is 13.1 Å². The number of aryl methyl sites for hydroxylation is 1. The molecule has 0 aliphatic carbocycles. The van der Waals surface area contributed by atoms with Crippen molar-refractivity contribution in [1.82, 2.24) is 20.0 Å². The van der Waals surface area contributed by atoms with E-state index < -0.39 is 10.0 Å². The molecule has 0 unspecified atom stereocenters. The maximum Gasteiger partial charge on any atom is 0.252 e. The lowest BCUT2D eigenvalue weighted by Crippen LogP contribution is -2.34. The largest absolute Gasteiger partial charge is 0.351 e. The molecule has 32 heavy (non-hydrogen) atoms. The standard InChI is InChI=1S/C24H22N4O3S/c1-17-6-8-19(9-7-17)32(30,31)27-15-14-26-24(29)21-16-23(18-10-12-25-13-11-18)28-22-5-3-2-4-20(21)22/h2-13,16,27H,14-15H2,1H3,(H,26,29). The Balaban J connectivity index is 1.48. The summed E-state index contributed by atoms with van der Waals surface area (Å²) in [6.07, 6.45) is 3.35. The minimum absolute atomic E-state index is 0.0716. The number of carbonyl (C=O) groups excluding carboxylic acids is 1. The van der Waals surface area contributed by atoms with E-state index in [9.17, 15) is 13.2 Å². The van der Waals surface area contributed by atoms with Crippen LogP contribution in [0.5, 0.6) is 0 Å². The molecule has 1 amide bonds. The zero-order chi connectivity index (χ0) is 22.6. The van der Waals surface area contributed by atoms with Gasteiger partial charge < -0.3 is 5.32 Å². The second-order valence-corrected chi connectivity index (χ2v) is 9.04. The summed E-state index contributed by atoms with van der Waals surface area (Å²) in [7, 11) is -3.63. The van der Waals surface area contributed by atoms with Crippen molar-refractivity contribution in [1.29, 1.82) is 0 Å². The van der Waals surface area contributed by atoms with Crippen molar-refractivity contribution in [3.05, 3.63) is 90.3 Å². The number of benzene rings is 2. The fourth-order valence-electron chi connectivity index (χ4n) is 3.29. The van der Waals surface area contributed by atoms with E-state index in [1.807, 2.05) is 43.3 Å². The Morgan fingerprint density at radius 1 is 0.938 bits per heavy atom. The van der Waals surface area contributed by atoms with Gasteiger partial charge in [0.2, 0.25) is 10.0 Å². The van der Waals surface area contributed by atoms with Gasteiger partial charge in [-0.1, -0.05) is 35.9 Å². The van der Waals surface area contributed by atoms with Gasteiger partial charge >= 0.3 is 0 Å². The highest BCUT2D eigenvalue weighted by Crippen LogP contribution is 2.24. The summed E-state index contributed by atoms with van der Waals surface area (Å²) in [5.74, 6) is -0.298. The Hall–Kier alpha value is -3.62. The van der Waals surface area contributed by atoms with E-state index in [-0.39, 0.29) is 23.9 Å². The van der Waals surface area contributed by atoms with E-state index in [1.54, 1.807) is 42.7 Å². The fraction of sp³-hybridized carbons (Fsp3) is 0.125. The number of carbonyl (C=O) groups is 1. The molecule has 4 rings (SSSR count). The molecular formula is C24H22N4O3S. The van der Waals surface area contributed by atoms with Crippen LogP contribution in [0.4, 0.5) is 0 Å². The smallest absolute Gasteiger partial charge is 0.252 e. The van der Waals surface area contributed by atoms with Gasteiger partial charge in [-0.15, -0.1) is 0 Å². The monoisotopic (exact) mass is 446 g/mol. The van der Waals surface area contributed by atoms with Gasteiger partial charge in [0, 0.05) is 36.4 Å². The summed E-state index contributed by atoms with van der Waals surface area (Å²) in [5, 5.41) is 3.52. The number of hydrogen-bond donors (Lipinski definition) is 2. The molecule has 8 heteroatoms. The number of pyridine rings is 2. The van der Waals surface area contributed by atoms with Crippen LogP contribution in [0.3, 0.4) is 0 Å². The summed E-state index contributed by atoms with van der Waals surface area (Å²) in [6.45, 7) is 2.11. The Morgan fingerprint density at radius 2 is 1.66 bits per heavy atom. The molecule has 0 saturated carbocycles. The van der Waals surface area contributed by atoms with Gasteiger partial charge in [-0.3, -0.25) is 9.78 Å². The molecule has 2 aromatic heterocycles. The van der Waals surface area contributed by atoms with Crippen LogP contribution in [0.15, 0.2) is 84.0 Å². The summed E-state index contributed by atoms with van der Waals surface area (Å²) < 4.78 is 27.3. The molecule has 0 aliphatic rings. The number of nitrogens with one attached hydrogen (secondary N) is 2. The van der Waals surface area contributed by atoms with Crippen molar-refractivity contribution >= 4 is 26.8 Å². The van der Waals surface area contributed by atoms with Gasteiger partial charge in [-0.05, 0) is 43.3 Å². The van der Waals surface area contributed by atoms with Gasteiger partial charge in [0.1, 0.15) is 0 Å². The van der Waals surface area contributed by atoms with Crippen LogP contribution < -0.4 is 10.0 Å². The lowest BCUT2D eigenvalue weighted by Gasteiger charge is -2.11. The topological polar surface area (TPSA) is 101 Å². The van der Waals surface area contributed by atoms with Crippen molar-refractivity contribution in [2.24, 2.45) is 0 Å². The van der Waals surface area contributed by atoms with E-state index in [0.29, 0.717) is 16.8 Å². The Bertz CT molecular complexity index is 1360. The molecule has 2 aromatic carbocycles. The van der Waals surface area contributed by atoms with Crippen molar-refractivity contribution < 1.29 is 13.2 Å². The van der Waals surface area contributed by atoms with Gasteiger partial charge in [-0.2, -0.15) is 0 Å². The normalized spacial score (nSPS) is 11.4. The summed E-state index contributed by atoms with van der Waals surface area (Å²) >= 11 is 0. The van der Waals surface area contributed by atoms with Gasteiger partial charge in [-0.25, -0.2) is 18.1 Å². The lowest BCUT2D eigenvalue weighted by atomic mass is 10.0. The number of rotatable bonds is 7. The number of sulfonamides is 1. The molecule has 4 aromatic rings. The highest BCUT2D eigenvalue weighted by atomic mass is 32.2. The Labute approximate surface area is 186 Å². The third kappa shape index (κ3) is 4.82. The molecule has 7 nitrogen and oxygen atoms in total. The quantitative estimate of drug-likeness (QED) is 0.424. The van der Waals surface area contributed by atoms with E-state index in [0.717, 1.165) is 16.5 Å². The van der Waals surface area contributed by atoms with Crippen LogP contribution in [0.1, 0.15) is 15.9 Å². The first-order chi connectivity index (χ1) is 15.4. The molecule has 0 fully saturated rings. The predicted octanol–water partition coefficient (Wildman–Crippen LogP) is 3.31. The van der Waals surface area contributed by atoms with Gasteiger partial charge in [0.05, 0.1) is 21.7 Å². The number of aromatic nitrogens is 2. The van der Waals surface area contributed by atoms with E-state index in [4.69, 9.17) is 0 Å². The number of fused-ring (bicyclic) bond motifs is 1. The van der Waals surface area contributed by atoms with Crippen LogP contribution in [-0.2, 0) is 10.0 Å². The lowest BCUT2D eigenvalue weighted by molar-refractivity contribution is 0.0956. The minimum Gasteiger partial charge on any atom is -0.351 e. The molecule has 2 heterocycles. The highest BCUT2D eigenvalue weighted by molar-refractivity contribution is 7.89. The molecule has 162 valence electrons. The molecule has 0 spiro atoms. The SMILES string of the molecule is Cc1ccc(S(=O)(=O)NCCNC(=O)c2cc(-c3ccncc3)nc3ccccc23)cc1. The van der Waals surface area contributed by atoms with Crippen LogP contribution in [0.2, 0.25) is 0 Å². The van der Waals surface area contributed by atoms with Crippen molar-refractivity contribution in [3.8, 4) is 11.3 Å². The van der Waals surface area contributed by atoms with Gasteiger partial charge in [0.15, 0.2) is 0 Å². The maximum atomic E-state index is 12.9. The number of nitrogens with zero attached hydrogens (tertiary/aromatic N) is 2. The third-order valence-electron chi connectivity index (χ3n) is 4.97. The van der Waals surface area contributed by atoms with Crippen LogP contribution >= 0.6 is 0 Å². The first-order valence-corrected chi connectivity index (χ1v) is 11.6. The van der Waals surface area contributed by atoms with Crippen molar-refractivity contribution in [2.45, 2.75) is 11.8 Å². The minimum atomic E-state index is -3.63. The molecule has 0 aliphatic heterocycles. The third-order valence-corrected chi connectivity index (χ3v) is 6.45. The van der Waals surface area contributed by atoms with E-state index in [2.05, 4.69) is 20.0 Å². The maximum absolute atomic E-state index is 12.9. The van der Waals surface area contributed by atoms with Crippen LogP contribution in [0, 0.1) is 6.92 Å². The summed E-state index contributed by atoms with van der Waals surface area (Å²) in [4.78, 5) is 21.8. The second kappa shape index (κ2) is 9.25. The molecular weight excluding hydrogens is 424 g/mol. The number of amides is 1. The Kier molecular flexibility index (Phi) is 6.25. The molecule has 0 bridgehead atoms. The second-order valence-electron chi connectivity index (χ2n) is 7.27. The van der Waals surface area contributed by atoms with Crippen LogP contribution in [0.25, 0.3) is 22.2 Å². The molecule has 0 saturated heterocycles. The first kappa shape index (κ1) is 21.6. The zero-order valence-electron chi connectivity index (χ0n) is 17.4. The summed E-state index contributed by atoms with van der Waals surface area (Å²) in [6, 6.07) is 19.4. The number of hydrogen-bond acceptors (Lipinski definition) is 5. The molecule has 2 N–H and O–H groups in total. The average molecular weight is 447 g/mol. The molecule has 0 radical (unpaired) electrons. The highest BCUT2D eigenvalue weighted by Gasteiger charge is 2.15. The number of para-hydroxylation sites is 1. The zero-order valence-corrected chi connectivity index (χ0v) is 18.3. The fourth-order valence-corrected chi connectivity index (χ4v) is 4.32. The van der Waals surface area contributed by atoms with E-state index in [1.165, 1.54) is 0 Å². The summed E-state index contributed by atoms with van der Waals surface area (Å²) in [5.41, 5.74) is 3.67.